The molecule has 2 rings (SSSR count). The first-order chi connectivity index (χ1) is 10.1. The molecule has 0 amide bonds. The molecule has 0 fully saturated rings. The molecule has 0 aromatic heterocycles. The zero-order valence-electron chi connectivity index (χ0n) is 12.8. The van der Waals surface area contributed by atoms with Crippen molar-refractivity contribution in [1.82, 2.24) is 5.32 Å². The van der Waals surface area contributed by atoms with Gasteiger partial charge in [0.25, 0.3) is 0 Å². The van der Waals surface area contributed by atoms with E-state index in [4.69, 9.17) is 4.74 Å². The third-order valence-electron chi connectivity index (χ3n) is 3.13. The van der Waals surface area contributed by atoms with E-state index in [-0.39, 0.29) is 11.9 Å². The highest BCUT2D eigenvalue weighted by Gasteiger charge is 2.08. The van der Waals surface area contributed by atoms with Crippen molar-refractivity contribution in [2.24, 2.45) is 0 Å². The summed E-state index contributed by atoms with van der Waals surface area (Å²) in [5.41, 5.74) is 2.39. The van der Waals surface area contributed by atoms with Crippen LogP contribution in [0.2, 0.25) is 0 Å². The summed E-state index contributed by atoms with van der Waals surface area (Å²) < 4.78 is 19.9. The maximum Gasteiger partial charge on any atom is 0.131 e. The van der Waals surface area contributed by atoms with Gasteiger partial charge in [0.2, 0.25) is 0 Å². The first-order valence-corrected chi connectivity index (χ1v) is 7.36. The summed E-state index contributed by atoms with van der Waals surface area (Å²) in [4.78, 5) is 0. The lowest BCUT2D eigenvalue weighted by molar-refractivity contribution is 0.242. The van der Waals surface area contributed by atoms with Crippen LogP contribution < -0.4 is 10.1 Å². The summed E-state index contributed by atoms with van der Waals surface area (Å²) in [6.07, 6.45) is 0.104. The van der Waals surface area contributed by atoms with Gasteiger partial charge in [-0.2, -0.15) is 0 Å². The third-order valence-corrected chi connectivity index (χ3v) is 3.13. The second kappa shape index (κ2) is 7.23. The van der Waals surface area contributed by atoms with Gasteiger partial charge in [-0.25, -0.2) is 4.39 Å². The molecule has 0 atom stereocenters. The van der Waals surface area contributed by atoms with Gasteiger partial charge in [-0.15, -0.1) is 0 Å². The predicted molar refractivity (Wildman–Crippen MR) is 85.0 cm³/mol. The van der Waals surface area contributed by atoms with E-state index in [2.05, 4.69) is 5.32 Å². The molecule has 112 valence electrons. The molecule has 0 saturated heterocycles. The number of hydrogen-bond acceptors (Lipinski definition) is 2. The standard InChI is InChI=1S/C18H22FNO/c1-4-20-12-14-8-9-17(18(19)10-14)15-6-5-7-16(11-15)21-13(2)3/h5-11,13,20H,4,12H2,1-3H3. The number of rotatable bonds is 6. The average Bonchev–Trinajstić information content (AvgIpc) is 2.44. The Kier molecular flexibility index (Phi) is 5.34. The van der Waals surface area contributed by atoms with Crippen molar-refractivity contribution in [3.05, 3.63) is 53.8 Å². The molecule has 0 aliphatic carbocycles. The van der Waals surface area contributed by atoms with Crippen LogP contribution in [0.15, 0.2) is 42.5 Å². The van der Waals surface area contributed by atoms with E-state index < -0.39 is 0 Å². The summed E-state index contributed by atoms with van der Waals surface area (Å²) in [5, 5.41) is 3.20. The summed E-state index contributed by atoms with van der Waals surface area (Å²) in [6.45, 7) is 7.54. The predicted octanol–water partition coefficient (Wildman–Crippen LogP) is 4.39. The van der Waals surface area contributed by atoms with Gasteiger partial charge in [0.15, 0.2) is 0 Å². The second-order valence-corrected chi connectivity index (χ2v) is 5.29. The molecule has 0 spiro atoms. The van der Waals surface area contributed by atoms with Crippen LogP contribution in [0, 0.1) is 5.82 Å². The smallest absolute Gasteiger partial charge is 0.131 e. The number of hydrogen-bond donors (Lipinski definition) is 1. The Hall–Kier alpha value is -1.87. The lowest BCUT2D eigenvalue weighted by atomic mass is 10.0. The van der Waals surface area contributed by atoms with Gasteiger partial charge in [0.05, 0.1) is 6.10 Å². The Morgan fingerprint density at radius 1 is 1.14 bits per heavy atom. The van der Waals surface area contributed by atoms with Gasteiger partial charge in [0, 0.05) is 12.1 Å². The molecule has 1 N–H and O–H groups in total. The highest BCUT2D eigenvalue weighted by atomic mass is 19.1. The molecule has 0 saturated carbocycles. The molecule has 2 aromatic carbocycles. The largest absolute Gasteiger partial charge is 0.491 e. The van der Waals surface area contributed by atoms with E-state index >= 15 is 0 Å². The first kappa shape index (κ1) is 15.5. The lowest BCUT2D eigenvalue weighted by Gasteiger charge is -2.12. The summed E-state index contributed by atoms with van der Waals surface area (Å²) in [5.74, 6) is 0.561. The molecule has 2 nitrogen and oxygen atoms in total. The Morgan fingerprint density at radius 2 is 1.95 bits per heavy atom. The maximum absolute atomic E-state index is 14.3. The molecular formula is C18H22FNO. The van der Waals surface area contributed by atoms with Crippen LogP contribution in [0.4, 0.5) is 4.39 Å². The van der Waals surface area contributed by atoms with Gasteiger partial charge in [-0.3, -0.25) is 0 Å². The minimum Gasteiger partial charge on any atom is -0.491 e. The van der Waals surface area contributed by atoms with Crippen LogP contribution in [-0.4, -0.2) is 12.6 Å². The topological polar surface area (TPSA) is 21.3 Å². The number of benzene rings is 2. The van der Waals surface area contributed by atoms with E-state index in [1.165, 1.54) is 0 Å². The quantitative estimate of drug-likeness (QED) is 0.850. The van der Waals surface area contributed by atoms with Gasteiger partial charge in [-0.1, -0.05) is 31.2 Å². The molecule has 21 heavy (non-hydrogen) atoms. The molecule has 0 bridgehead atoms. The molecule has 0 unspecified atom stereocenters. The first-order valence-electron chi connectivity index (χ1n) is 7.36. The fraction of sp³-hybridized carbons (Fsp3) is 0.333. The zero-order chi connectivity index (χ0) is 15.2. The van der Waals surface area contributed by atoms with Crippen LogP contribution in [0.1, 0.15) is 26.3 Å². The minimum absolute atomic E-state index is 0.104. The molecule has 0 aliphatic heterocycles. The Morgan fingerprint density at radius 3 is 2.62 bits per heavy atom. The molecule has 3 heteroatoms. The lowest BCUT2D eigenvalue weighted by Crippen LogP contribution is -2.11. The fourth-order valence-electron chi connectivity index (χ4n) is 2.18. The van der Waals surface area contributed by atoms with Crippen LogP contribution in [0.25, 0.3) is 11.1 Å². The summed E-state index contributed by atoms with van der Waals surface area (Å²) >= 11 is 0. The van der Waals surface area contributed by atoms with Crippen molar-refractivity contribution in [3.63, 3.8) is 0 Å². The van der Waals surface area contributed by atoms with Gasteiger partial charge >= 0.3 is 0 Å². The molecule has 2 aromatic rings. The summed E-state index contributed by atoms with van der Waals surface area (Å²) in [6, 6.07) is 12.9. The van der Waals surface area contributed by atoms with Crippen molar-refractivity contribution in [3.8, 4) is 16.9 Å². The monoisotopic (exact) mass is 287 g/mol. The fourth-order valence-corrected chi connectivity index (χ4v) is 2.18. The van der Waals surface area contributed by atoms with E-state index in [0.29, 0.717) is 12.1 Å². The van der Waals surface area contributed by atoms with E-state index in [1.54, 1.807) is 6.07 Å². The van der Waals surface area contributed by atoms with E-state index in [0.717, 1.165) is 23.4 Å². The van der Waals surface area contributed by atoms with Crippen LogP contribution in [-0.2, 0) is 6.54 Å². The van der Waals surface area contributed by atoms with Gasteiger partial charge < -0.3 is 10.1 Å². The molecule has 0 aliphatic rings. The van der Waals surface area contributed by atoms with Crippen LogP contribution in [0.3, 0.4) is 0 Å². The van der Waals surface area contributed by atoms with Crippen molar-refractivity contribution >= 4 is 0 Å². The van der Waals surface area contributed by atoms with Crippen LogP contribution >= 0.6 is 0 Å². The van der Waals surface area contributed by atoms with Gasteiger partial charge in [-0.05, 0) is 49.7 Å². The Labute approximate surface area is 126 Å². The highest BCUT2D eigenvalue weighted by molar-refractivity contribution is 5.66. The molecular weight excluding hydrogens is 265 g/mol. The maximum atomic E-state index is 14.3. The number of halogens is 1. The SMILES string of the molecule is CCNCc1ccc(-c2cccc(OC(C)C)c2)c(F)c1. The van der Waals surface area contributed by atoms with E-state index in [1.807, 2.05) is 57.2 Å². The van der Waals surface area contributed by atoms with E-state index in [9.17, 15) is 4.39 Å². The van der Waals surface area contributed by atoms with Crippen LogP contribution in [0.5, 0.6) is 5.75 Å². The normalized spacial score (nSPS) is 10.9. The average molecular weight is 287 g/mol. The highest BCUT2D eigenvalue weighted by Crippen LogP contribution is 2.27. The Bertz CT molecular complexity index is 596. The Balaban J connectivity index is 2.25. The minimum atomic E-state index is -0.202. The third kappa shape index (κ3) is 4.30. The zero-order valence-corrected chi connectivity index (χ0v) is 12.8. The number of nitrogens with one attached hydrogen (secondary N) is 1. The summed E-state index contributed by atoms with van der Waals surface area (Å²) in [7, 11) is 0. The van der Waals surface area contributed by atoms with Crippen molar-refractivity contribution in [2.75, 3.05) is 6.54 Å². The number of ether oxygens (including phenoxy) is 1. The van der Waals surface area contributed by atoms with Gasteiger partial charge in [0.1, 0.15) is 11.6 Å². The van der Waals surface area contributed by atoms with Crippen molar-refractivity contribution < 1.29 is 9.13 Å². The second-order valence-electron chi connectivity index (χ2n) is 5.29. The molecule has 0 heterocycles. The van der Waals surface area contributed by atoms with Crippen molar-refractivity contribution in [2.45, 2.75) is 33.4 Å². The molecule has 0 radical (unpaired) electrons. The van der Waals surface area contributed by atoms with Crippen molar-refractivity contribution in [1.29, 1.82) is 0 Å².